The molecule has 1 unspecified atom stereocenters. The van der Waals surface area contributed by atoms with Gasteiger partial charge in [-0.05, 0) is 25.1 Å². The minimum atomic E-state index is 0.384. The molecule has 2 N–H and O–H groups in total. The number of morpholine rings is 1. The summed E-state index contributed by atoms with van der Waals surface area (Å²) in [6.45, 7) is 5.42. The fourth-order valence-corrected chi connectivity index (χ4v) is 2.42. The Bertz CT molecular complexity index is 572. The van der Waals surface area contributed by atoms with Gasteiger partial charge in [0.15, 0.2) is 0 Å². The highest BCUT2D eigenvalue weighted by Gasteiger charge is 2.12. The standard InChI is InChI=1S/C14H20N4O/c1-10-17-13-7-11(3-4-14(13)18(10)2)16-8-12-9-19-6-5-15-12/h3-4,7,12,15-16H,5-6,8-9H2,1-2H3. The van der Waals surface area contributed by atoms with Crippen LogP contribution in [0.4, 0.5) is 5.69 Å². The van der Waals surface area contributed by atoms with Crippen molar-refractivity contribution in [2.24, 2.45) is 7.05 Å². The van der Waals surface area contributed by atoms with Crippen LogP contribution in [-0.4, -0.2) is 41.9 Å². The predicted molar refractivity (Wildman–Crippen MR) is 76.6 cm³/mol. The zero-order valence-corrected chi connectivity index (χ0v) is 11.4. The summed E-state index contributed by atoms with van der Waals surface area (Å²) in [5.74, 6) is 1.04. The van der Waals surface area contributed by atoms with Crippen LogP contribution in [0.25, 0.3) is 11.0 Å². The highest BCUT2D eigenvalue weighted by Crippen LogP contribution is 2.19. The minimum Gasteiger partial charge on any atom is -0.383 e. The zero-order chi connectivity index (χ0) is 13.2. The summed E-state index contributed by atoms with van der Waals surface area (Å²) >= 11 is 0. The van der Waals surface area contributed by atoms with Gasteiger partial charge in [0.1, 0.15) is 5.82 Å². The SMILES string of the molecule is Cc1nc2cc(NCC3COCCN3)ccc2n1C. The number of nitrogens with zero attached hydrogens (tertiary/aromatic N) is 2. The molecule has 1 saturated heterocycles. The van der Waals surface area contributed by atoms with Crippen molar-refractivity contribution < 1.29 is 4.74 Å². The van der Waals surface area contributed by atoms with Crippen molar-refractivity contribution in [1.29, 1.82) is 0 Å². The van der Waals surface area contributed by atoms with Crippen LogP contribution < -0.4 is 10.6 Å². The molecule has 2 heterocycles. The van der Waals surface area contributed by atoms with E-state index in [9.17, 15) is 0 Å². The van der Waals surface area contributed by atoms with Crippen LogP contribution in [0.1, 0.15) is 5.82 Å². The van der Waals surface area contributed by atoms with Crippen LogP contribution in [0.2, 0.25) is 0 Å². The molecule has 1 aliphatic heterocycles. The lowest BCUT2D eigenvalue weighted by Crippen LogP contribution is -2.45. The smallest absolute Gasteiger partial charge is 0.106 e. The Balaban J connectivity index is 1.70. The van der Waals surface area contributed by atoms with E-state index in [4.69, 9.17) is 4.74 Å². The molecule has 1 aliphatic rings. The number of nitrogens with one attached hydrogen (secondary N) is 2. The molecular weight excluding hydrogens is 240 g/mol. The van der Waals surface area contributed by atoms with E-state index in [2.05, 4.69) is 38.4 Å². The summed E-state index contributed by atoms with van der Waals surface area (Å²) in [6, 6.07) is 6.71. The first kappa shape index (κ1) is 12.4. The van der Waals surface area contributed by atoms with Gasteiger partial charge in [0.2, 0.25) is 0 Å². The average molecular weight is 260 g/mol. The fourth-order valence-electron chi connectivity index (χ4n) is 2.42. The Labute approximate surface area is 113 Å². The third-order valence-electron chi connectivity index (χ3n) is 3.66. The first-order chi connectivity index (χ1) is 9.24. The third-order valence-corrected chi connectivity index (χ3v) is 3.66. The zero-order valence-electron chi connectivity index (χ0n) is 11.4. The van der Waals surface area contributed by atoms with Gasteiger partial charge in [-0.1, -0.05) is 0 Å². The molecule has 19 heavy (non-hydrogen) atoms. The van der Waals surface area contributed by atoms with Gasteiger partial charge in [-0.15, -0.1) is 0 Å². The van der Waals surface area contributed by atoms with E-state index in [1.165, 1.54) is 5.52 Å². The highest BCUT2D eigenvalue weighted by atomic mass is 16.5. The molecule has 3 rings (SSSR count). The maximum Gasteiger partial charge on any atom is 0.106 e. The van der Waals surface area contributed by atoms with E-state index < -0.39 is 0 Å². The predicted octanol–water partition coefficient (Wildman–Crippen LogP) is 1.28. The van der Waals surface area contributed by atoms with Gasteiger partial charge in [0, 0.05) is 31.9 Å². The average Bonchev–Trinajstić information content (AvgIpc) is 2.73. The second-order valence-electron chi connectivity index (χ2n) is 5.03. The number of benzene rings is 1. The summed E-state index contributed by atoms with van der Waals surface area (Å²) in [6.07, 6.45) is 0. The second kappa shape index (κ2) is 5.19. The number of anilines is 1. The van der Waals surface area contributed by atoms with Crippen LogP contribution in [0.5, 0.6) is 0 Å². The van der Waals surface area contributed by atoms with Gasteiger partial charge in [-0.25, -0.2) is 4.98 Å². The third kappa shape index (κ3) is 2.57. The molecular formula is C14H20N4O. The van der Waals surface area contributed by atoms with E-state index in [0.29, 0.717) is 6.04 Å². The molecule has 0 spiro atoms. The quantitative estimate of drug-likeness (QED) is 0.873. The van der Waals surface area contributed by atoms with E-state index in [0.717, 1.165) is 43.3 Å². The molecule has 0 amide bonds. The van der Waals surface area contributed by atoms with Gasteiger partial charge in [-0.3, -0.25) is 0 Å². The molecule has 1 atom stereocenters. The monoisotopic (exact) mass is 260 g/mol. The summed E-state index contributed by atoms with van der Waals surface area (Å²) in [7, 11) is 2.04. The highest BCUT2D eigenvalue weighted by molar-refractivity contribution is 5.80. The molecule has 0 aliphatic carbocycles. The molecule has 0 radical (unpaired) electrons. The van der Waals surface area contributed by atoms with Crippen molar-refractivity contribution >= 4 is 16.7 Å². The summed E-state index contributed by atoms with van der Waals surface area (Å²) < 4.78 is 7.55. The molecule has 1 aromatic heterocycles. The van der Waals surface area contributed by atoms with Crippen molar-refractivity contribution in [2.45, 2.75) is 13.0 Å². The van der Waals surface area contributed by atoms with Crippen molar-refractivity contribution in [3.8, 4) is 0 Å². The van der Waals surface area contributed by atoms with Crippen LogP contribution >= 0.6 is 0 Å². The molecule has 0 bridgehead atoms. The minimum absolute atomic E-state index is 0.384. The number of hydrogen-bond acceptors (Lipinski definition) is 4. The van der Waals surface area contributed by atoms with Crippen LogP contribution in [0.15, 0.2) is 18.2 Å². The first-order valence-electron chi connectivity index (χ1n) is 6.72. The van der Waals surface area contributed by atoms with E-state index >= 15 is 0 Å². The molecule has 102 valence electrons. The Morgan fingerprint density at radius 2 is 2.42 bits per heavy atom. The Hall–Kier alpha value is -1.59. The number of fused-ring (bicyclic) bond motifs is 1. The van der Waals surface area contributed by atoms with Gasteiger partial charge in [0.25, 0.3) is 0 Å². The van der Waals surface area contributed by atoms with Crippen LogP contribution in [-0.2, 0) is 11.8 Å². The van der Waals surface area contributed by atoms with Crippen molar-refractivity contribution in [3.05, 3.63) is 24.0 Å². The molecule has 2 aromatic rings. The number of imidazole rings is 1. The topological polar surface area (TPSA) is 51.1 Å². The van der Waals surface area contributed by atoms with Crippen molar-refractivity contribution in [2.75, 3.05) is 31.6 Å². The van der Waals surface area contributed by atoms with Crippen LogP contribution in [0, 0.1) is 6.92 Å². The van der Waals surface area contributed by atoms with Crippen LogP contribution in [0.3, 0.4) is 0 Å². The summed E-state index contributed by atoms with van der Waals surface area (Å²) in [5, 5.41) is 6.88. The first-order valence-corrected chi connectivity index (χ1v) is 6.72. The van der Waals surface area contributed by atoms with E-state index in [1.807, 2.05) is 14.0 Å². The molecule has 5 nitrogen and oxygen atoms in total. The fraction of sp³-hybridized carbons (Fsp3) is 0.500. The Morgan fingerprint density at radius 1 is 1.53 bits per heavy atom. The molecule has 0 saturated carbocycles. The summed E-state index contributed by atoms with van der Waals surface area (Å²) in [5.41, 5.74) is 3.32. The Morgan fingerprint density at radius 3 is 3.21 bits per heavy atom. The lowest BCUT2D eigenvalue weighted by molar-refractivity contribution is 0.0806. The van der Waals surface area contributed by atoms with E-state index in [1.54, 1.807) is 0 Å². The molecule has 1 fully saturated rings. The molecule has 5 heteroatoms. The largest absolute Gasteiger partial charge is 0.383 e. The molecule has 1 aromatic carbocycles. The van der Waals surface area contributed by atoms with Gasteiger partial charge >= 0.3 is 0 Å². The number of hydrogen-bond donors (Lipinski definition) is 2. The second-order valence-corrected chi connectivity index (χ2v) is 5.03. The number of aryl methyl sites for hydroxylation is 2. The van der Waals surface area contributed by atoms with Gasteiger partial charge in [0.05, 0.1) is 24.2 Å². The Kier molecular flexibility index (Phi) is 3.40. The van der Waals surface area contributed by atoms with E-state index in [-0.39, 0.29) is 0 Å². The van der Waals surface area contributed by atoms with Gasteiger partial charge < -0.3 is 19.9 Å². The normalized spacial score (nSPS) is 19.8. The maximum atomic E-state index is 5.44. The maximum absolute atomic E-state index is 5.44. The number of aromatic nitrogens is 2. The van der Waals surface area contributed by atoms with Crippen molar-refractivity contribution in [1.82, 2.24) is 14.9 Å². The number of rotatable bonds is 3. The van der Waals surface area contributed by atoms with Crippen molar-refractivity contribution in [3.63, 3.8) is 0 Å². The summed E-state index contributed by atoms with van der Waals surface area (Å²) in [4.78, 5) is 4.55. The lowest BCUT2D eigenvalue weighted by atomic mass is 10.2. The number of ether oxygens (including phenoxy) is 1. The lowest BCUT2D eigenvalue weighted by Gasteiger charge is -2.24. The van der Waals surface area contributed by atoms with Gasteiger partial charge in [-0.2, -0.15) is 0 Å².